The van der Waals surface area contributed by atoms with Crippen molar-refractivity contribution in [1.29, 1.82) is 0 Å². The Morgan fingerprint density at radius 3 is 2.30 bits per heavy atom. The van der Waals surface area contributed by atoms with E-state index in [9.17, 15) is 9.59 Å². The van der Waals surface area contributed by atoms with Crippen molar-refractivity contribution in [2.45, 2.75) is 103 Å². The second-order valence-electron chi connectivity index (χ2n) is 8.04. The summed E-state index contributed by atoms with van der Waals surface area (Å²) >= 11 is 0. The Morgan fingerprint density at radius 2 is 1.63 bits per heavy atom. The number of esters is 1. The molecule has 4 heteroatoms. The summed E-state index contributed by atoms with van der Waals surface area (Å²) in [5.41, 5.74) is 2.62. The van der Waals surface area contributed by atoms with Crippen molar-refractivity contribution >= 4 is 11.9 Å². The van der Waals surface area contributed by atoms with Gasteiger partial charge in [-0.1, -0.05) is 69.4 Å². The lowest BCUT2D eigenvalue weighted by Gasteiger charge is -2.13. The fourth-order valence-corrected chi connectivity index (χ4v) is 3.66. The third-order valence-electron chi connectivity index (χ3n) is 5.30. The van der Waals surface area contributed by atoms with Crippen molar-refractivity contribution in [3.05, 3.63) is 47.5 Å². The summed E-state index contributed by atoms with van der Waals surface area (Å²) in [7, 11) is 0. The van der Waals surface area contributed by atoms with Crippen LogP contribution in [-0.4, -0.2) is 23.1 Å². The van der Waals surface area contributed by atoms with E-state index < -0.39 is 5.97 Å². The maximum absolute atomic E-state index is 11.4. The van der Waals surface area contributed by atoms with Gasteiger partial charge in [-0.15, -0.1) is 0 Å². The van der Waals surface area contributed by atoms with Crippen LogP contribution in [-0.2, 0) is 27.2 Å². The van der Waals surface area contributed by atoms with E-state index in [-0.39, 0.29) is 18.5 Å². The van der Waals surface area contributed by atoms with Crippen LogP contribution in [0, 0.1) is 0 Å². The van der Waals surface area contributed by atoms with Crippen LogP contribution in [0.5, 0.6) is 0 Å². The molecule has 0 aromatic heterocycles. The minimum atomic E-state index is -0.725. The third kappa shape index (κ3) is 13.2. The van der Waals surface area contributed by atoms with Gasteiger partial charge < -0.3 is 9.84 Å². The van der Waals surface area contributed by atoms with Crippen molar-refractivity contribution in [1.82, 2.24) is 0 Å². The van der Waals surface area contributed by atoms with Crippen LogP contribution >= 0.6 is 0 Å². The number of rotatable bonds is 17. The van der Waals surface area contributed by atoms with Crippen LogP contribution in [0.3, 0.4) is 0 Å². The summed E-state index contributed by atoms with van der Waals surface area (Å²) in [6.45, 7) is 3.70. The maximum Gasteiger partial charge on any atom is 0.303 e. The van der Waals surface area contributed by atoms with Crippen molar-refractivity contribution in [2.75, 3.05) is 0 Å². The number of aryl methyl sites for hydroxylation is 2. The lowest BCUT2D eigenvalue weighted by atomic mass is 9.98. The zero-order valence-electron chi connectivity index (χ0n) is 18.9. The van der Waals surface area contributed by atoms with Crippen LogP contribution in [0.1, 0.15) is 95.6 Å². The molecular formula is C26H40O4. The van der Waals surface area contributed by atoms with E-state index in [0.717, 1.165) is 38.5 Å². The molecule has 0 heterocycles. The molecule has 4 nitrogen and oxygen atoms in total. The molecule has 1 rings (SSSR count). The summed E-state index contributed by atoms with van der Waals surface area (Å²) in [5, 5.41) is 8.77. The molecule has 0 fully saturated rings. The highest BCUT2D eigenvalue weighted by atomic mass is 16.5. The van der Waals surface area contributed by atoms with Gasteiger partial charge in [0.1, 0.15) is 6.10 Å². The molecule has 0 aliphatic rings. The van der Waals surface area contributed by atoms with Gasteiger partial charge in [-0.25, -0.2) is 0 Å². The highest BCUT2D eigenvalue weighted by Crippen LogP contribution is 2.16. The first-order chi connectivity index (χ1) is 14.5. The van der Waals surface area contributed by atoms with Gasteiger partial charge in [0.05, 0.1) is 0 Å². The molecule has 1 atom stereocenters. The molecular weight excluding hydrogens is 376 g/mol. The number of hydrogen-bond acceptors (Lipinski definition) is 3. The number of unbranched alkanes of at least 4 members (excludes halogenated alkanes) is 6. The summed E-state index contributed by atoms with van der Waals surface area (Å²) in [6.07, 6.45) is 16.9. The molecule has 0 amide bonds. The monoisotopic (exact) mass is 416 g/mol. The first-order valence-corrected chi connectivity index (χ1v) is 11.6. The molecule has 168 valence electrons. The molecule has 1 aromatic rings. The molecule has 30 heavy (non-hydrogen) atoms. The number of ether oxygens (including phenoxy) is 1. The average Bonchev–Trinajstić information content (AvgIpc) is 2.71. The second-order valence-corrected chi connectivity index (χ2v) is 8.04. The van der Waals surface area contributed by atoms with Gasteiger partial charge in [0.2, 0.25) is 0 Å². The lowest BCUT2D eigenvalue weighted by Crippen LogP contribution is -2.13. The Labute approximate surface area is 182 Å². The molecule has 0 saturated heterocycles. The van der Waals surface area contributed by atoms with Crippen LogP contribution in [0.15, 0.2) is 36.4 Å². The Balaban J connectivity index is 2.43. The SMILES string of the molecule is CCCCCCCCC(C=CCCc1ccccc1CCCCC(=O)O)OC(C)=O. The Bertz CT molecular complexity index is 636. The minimum absolute atomic E-state index is 0.125. The van der Waals surface area contributed by atoms with Crippen LogP contribution in [0.2, 0.25) is 0 Å². The molecule has 0 aliphatic heterocycles. The highest BCUT2D eigenvalue weighted by molar-refractivity contribution is 5.66. The van der Waals surface area contributed by atoms with E-state index in [2.05, 4.69) is 31.2 Å². The standard InChI is InChI=1S/C26H40O4/c1-3-4-5-6-7-8-19-25(30-22(2)27)20-13-11-17-23-15-9-10-16-24(23)18-12-14-21-26(28)29/h9-10,13,15-16,20,25H,3-8,11-12,14,17-19,21H2,1-2H3,(H,28,29). The third-order valence-corrected chi connectivity index (χ3v) is 5.30. The average molecular weight is 417 g/mol. The summed E-state index contributed by atoms with van der Waals surface area (Å²) in [6, 6.07) is 8.39. The van der Waals surface area contributed by atoms with Crippen molar-refractivity contribution < 1.29 is 19.4 Å². The highest BCUT2D eigenvalue weighted by Gasteiger charge is 2.08. The number of aliphatic carboxylic acids is 1. The zero-order valence-corrected chi connectivity index (χ0v) is 18.9. The van der Waals surface area contributed by atoms with E-state index in [1.165, 1.54) is 50.2 Å². The predicted molar refractivity (Wildman–Crippen MR) is 123 cm³/mol. The number of carbonyl (C=O) groups is 2. The molecule has 0 aliphatic carbocycles. The number of carboxylic acid groups (broad SMARTS) is 1. The van der Waals surface area contributed by atoms with E-state index in [0.29, 0.717) is 6.42 Å². The Kier molecular flexibility index (Phi) is 14.4. The quantitative estimate of drug-likeness (QED) is 0.175. The number of benzene rings is 1. The van der Waals surface area contributed by atoms with Gasteiger partial charge in [-0.3, -0.25) is 9.59 Å². The zero-order chi connectivity index (χ0) is 22.0. The van der Waals surface area contributed by atoms with E-state index in [4.69, 9.17) is 9.84 Å². The number of carbonyl (C=O) groups excluding carboxylic acids is 1. The Morgan fingerprint density at radius 1 is 0.967 bits per heavy atom. The predicted octanol–water partition coefficient (Wildman–Crippen LogP) is 6.66. The van der Waals surface area contributed by atoms with Crippen LogP contribution in [0.25, 0.3) is 0 Å². The topological polar surface area (TPSA) is 63.6 Å². The van der Waals surface area contributed by atoms with E-state index >= 15 is 0 Å². The molecule has 1 aromatic carbocycles. The number of hydrogen-bond donors (Lipinski definition) is 1. The smallest absolute Gasteiger partial charge is 0.303 e. The van der Waals surface area contributed by atoms with Gasteiger partial charge in [0.15, 0.2) is 0 Å². The fraction of sp³-hybridized carbons (Fsp3) is 0.615. The van der Waals surface area contributed by atoms with Gasteiger partial charge in [0, 0.05) is 13.3 Å². The normalized spacial score (nSPS) is 12.2. The van der Waals surface area contributed by atoms with Gasteiger partial charge >= 0.3 is 11.9 Å². The van der Waals surface area contributed by atoms with E-state index in [1.807, 2.05) is 12.1 Å². The molecule has 0 saturated carbocycles. The molecule has 0 bridgehead atoms. The summed E-state index contributed by atoms with van der Waals surface area (Å²) in [5.74, 6) is -0.945. The van der Waals surface area contributed by atoms with Crippen molar-refractivity contribution in [2.24, 2.45) is 0 Å². The first-order valence-electron chi connectivity index (χ1n) is 11.6. The molecule has 0 radical (unpaired) electrons. The number of allylic oxidation sites excluding steroid dienone is 1. The largest absolute Gasteiger partial charge is 0.481 e. The van der Waals surface area contributed by atoms with Gasteiger partial charge in [-0.2, -0.15) is 0 Å². The molecule has 1 unspecified atom stereocenters. The minimum Gasteiger partial charge on any atom is -0.481 e. The Hall–Kier alpha value is -2.10. The maximum atomic E-state index is 11.4. The summed E-state index contributed by atoms with van der Waals surface area (Å²) < 4.78 is 5.47. The van der Waals surface area contributed by atoms with Gasteiger partial charge in [0.25, 0.3) is 0 Å². The molecule has 0 spiro atoms. The lowest BCUT2D eigenvalue weighted by molar-refractivity contribution is -0.144. The van der Waals surface area contributed by atoms with Crippen LogP contribution in [0.4, 0.5) is 0 Å². The molecule has 1 N–H and O–H groups in total. The van der Waals surface area contributed by atoms with Crippen molar-refractivity contribution in [3.63, 3.8) is 0 Å². The fourth-order valence-electron chi connectivity index (χ4n) is 3.66. The first kappa shape index (κ1) is 25.9. The number of carboxylic acids is 1. The van der Waals surface area contributed by atoms with Crippen molar-refractivity contribution in [3.8, 4) is 0 Å². The van der Waals surface area contributed by atoms with E-state index in [1.54, 1.807) is 0 Å². The van der Waals surface area contributed by atoms with Crippen LogP contribution < -0.4 is 0 Å². The van der Waals surface area contributed by atoms with Gasteiger partial charge in [-0.05, 0) is 62.1 Å². The summed E-state index contributed by atoms with van der Waals surface area (Å²) in [4.78, 5) is 22.1. The second kappa shape index (κ2) is 16.7.